The molecule has 1 aliphatic heterocycles. The van der Waals surface area contributed by atoms with E-state index in [1.54, 1.807) is 4.68 Å². The minimum Gasteiger partial charge on any atom is -0.338 e. The molecular formula is C11H22N6. The van der Waals surface area contributed by atoms with Crippen LogP contribution >= 0.6 is 0 Å². The van der Waals surface area contributed by atoms with Crippen molar-refractivity contribution >= 4 is 5.95 Å². The van der Waals surface area contributed by atoms with Crippen molar-refractivity contribution in [2.24, 2.45) is 7.05 Å². The molecule has 96 valence electrons. The molecule has 2 rings (SSSR count). The molecule has 0 saturated carbocycles. The molecule has 1 aliphatic rings. The van der Waals surface area contributed by atoms with Crippen molar-refractivity contribution in [2.45, 2.75) is 38.6 Å². The maximum Gasteiger partial charge on any atom is 0.245 e. The van der Waals surface area contributed by atoms with Gasteiger partial charge in [-0.3, -0.25) is 0 Å². The first kappa shape index (κ1) is 12.3. The molecule has 1 unspecified atom stereocenters. The van der Waals surface area contributed by atoms with E-state index in [1.807, 2.05) is 7.05 Å². The van der Waals surface area contributed by atoms with E-state index in [4.69, 9.17) is 0 Å². The molecule has 1 aromatic heterocycles. The highest BCUT2D eigenvalue weighted by molar-refractivity contribution is 5.27. The summed E-state index contributed by atoms with van der Waals surface area (Å²) in [5.41, 5.74) is 0. The zero-order valence-corrected chi connectivity index (χ0v) is 10.8. The van der Waals surface area contributed by atoms with Crippen LogP contribution < -0.4 is 10.2 Å². The van der Waals surface area contributed by atoms with E-state index in [9.17, 15) is 0 Å². The molecular weight excluding hydrogens is 216 g/mol. The van der Waals surface area contributed by atoms with Gasteiger partial charge in [-0.1, -0.05) is 18.4 Å². The fourth-order valence-corrected chi connectivity index (χ4v) is 2.38. The Bertz CT molecular complexity index is 330. The predicted molar refractivity (Wildman–Crippen MR) is 66.9 cm³/mol. The quantitative estimate of drug-likeness (QED) is 0.812. The standard InChI is InChI=1S/C11H22N6/c1-3-8-17(11-13-14-15-16(11)2)9-10-6-4-5-7-12-10/h10,12H,3-9H2,1-2H3. The Morgan fingerprint density at radius 3 is 2.94 bits per heavy atom. The van der Waals surface area contributed by atoms with E-state index >= 15 is 0 Å². The summed E-state index contributed by atoms with van der Waals surface area (Å²) in [5, 5.41) is 15.3. The van der Waals surface area contributed by atoms with Gasteiger partial charge in [-0.25, -0.2) is 4.68 Å². The van der Waals surface area contributed by atoms with Gasteiger partial charge in [-0.15, -0.1) is 0 Å². The summed E-state index contributed by atoms with van der Waals surface area (Å²) in [6, 6.07) is 0.576. The Morgan fingerprint density at radius 1 is 1.47 bits per heavy atom. The monoisotopic (exact) mass is 238 g/mol. The lowest BCUT2D eigenvalue weighted by molar-refractivity contribution is 0.396. The van der Waals surface area contributed by atoms with E-state index in [2.05, 4.69) is 32.7 Å². The van der Waals surface area contributed by atoms with Crippen LogP contribution in [0.5, 0.6) is 0 Å². The van der Waals surface area contributed by atoms with Gasteiger partial charge in [0.25, 0.3) is 0 Å². The second-order valence-corrected chi connectivity index (χ2v) is 4.70. The van der Waals surface area contributed by atoms with E-state index in [0.29, 0.717) is 6.04 Å². The van der Waals surface area contributed by atoms with Crippen molar-refractivity contribution in [1.29, 1.82) is 0 Å². The number of hydrogen-bond acceptors (Lipinski definition) is 5. The molecule has 0 aliphatic carbocycles. The first-order chi connectivity index (χ1) is 8.31. The Labute approximate surface area is 102 Å². The van der Waals surface area contributed by atoms with Gasteiger partial charge in [0.1, 0.15) is 0 Å². The van der Waals surface area contributed by atoms with Crippen molar-refractivity contribution in [3.63, 3.8) is 0 Å². The van der Waals surface area contributed by atoms with Crippen LogP contribution in [0.1, 0.15) is 32.6 Å². The van der Waals surface area contributed by atoms with Crippen LogP contribution in [0.3, 0.4) is 0 Å². The van der Waals surface area contributed by atoms with Gasteiger partial charge in [-0.2, -0.15) is 0 Å². The summed E-state index contributed by atoms with van der Waals surface area (Å²) < 4.78 is 1.75. The van der Waals surface area contributed by atoms with E-state index in [1.165, 1.54) is 19.3 Å². The van der Waals surface area contributed by atoms with Gasteiger partial charge in [0.15, 0.2) is 0 Å². The summed E-state index contributed by atoms with van der Waals surface area (Å²) in [6.07, 6.45) is 5.00. The molecule has 0 spiro atoms. The third-order valence-corrected chi connectivity index (χ3v) is 3.23. The van der Waals surface area contributed by atoms with Crippen LogP contribution in [0, 0.1) is 0 Å². The van der Waals surface area contributed by atoms with Gasteiger partial charge in [0.05, 0.1) is 0 Å². The lowest BCUT2D eigenvalue weighted by atomic mass is 10.0. The molecule has 1 N–H and O–H groups in total. The SMILES string of the molecule is CCCN(CC1CCCCN1)c1nnnn1C. The van der Waals surface area contributed by atoms with Crippen molar-refractivity contribution in [3.05, 3.63) is 0 Å². The van der Waals surface area contributed by atoms with E-state index in [-0.39, 0.29) is 0 Å². The summed E-state index contributed by atoms with van der Waals surface area (Å²) in [6.45, 7) is 5.33. The van der Waals surface area contributed by atoms with Crippen molar-refractivity contribution in [2.75, 3.05) is 24.5 Å². The lowest BCUT2D eigenvalue weighted by Gasteiger charge is -2.30. The number of piperidine rings is 1. The van der Waals surface area contributed by atoms with Gasteiger partial charge < -0.3 is 10.2 Å². The van der Waals surface area contributed by atoms with Crippen LogP contribution in [-0.4, -0.2) is 45.9 Å². The normalized spacial score (nSPS) is 20.5. The largest absolute Gasteiger partial charge is 0.338 e. The minimum atomic E-state index is 0.576. The summed E-state index contributed by atoms with van der Waals surface area (Å²) in [7, 11) is 1.90. The van der Waals surface area contributed by atoms with Gasteiger partial charge in [0, 0.05) is 26.2 Å². The number of tetrazole rings is 1. The fourth-order valence-electron chi connectivity index (χ4n) is 2.38. The zero-order chi connectivity index (χ0) is 12.1. The molecule has 6 heteroatoms. The molecule has 1 saturated heterocycles. The van der Waals surface area contributed by atoms with Crippen LogP contribution in [0.2, 0.25) is 0 Å². The molecule has 1 aromatic rings. The van der Waals surface area contributed by atoms with Gasteiger partial charge in [-0.05, 0) is 36.2 Å². The van der Waals surface area contributed by atoms with Crippen molar-refractivity contribution in [1.82, 2.24) is 25.5 Å². The third-order valence-electron chi connectivity index (χ3n) is 3.23. The fraction of sp³-hybridized carbons (Fsp3) is 0.909. The zero-order valence-electron chi connectivity index (χ0n) is 10.8. The maximum atomic E-state index is 4.10. The average Bonchev–Trinajstić information content (AvgIpc) is 2.76. The number of aromatic nitrogens is 4. The van der Waals surface area contributed by atoms with Crippen molar-refractivity contribution in [3.8, 4) is 0 Å². The summed E-state index contributed by atoms with van der Waals surface area (Å²) in [5.74, 6) is 0.874. The number of rotatable bonds is 5. The first-order valence-electron chi connectivity index (χ1n) is 6.52. The topological polar surface area (TPSA) is 58.9 Å². The Morgan fingerprint density at radius 2 is 2.35 bits per heavy atom. The molecule has 2 heterocycles. The molecule has 0 radical (unpaired) electrons. The highest BCUT2D eigenvalue weighted by Crippen LogP contribution is 2.13. The van der Waals surface area contributed by atoms with Crippen LogP contribution in [0.15, 0.2) is 0 Å². The van der Waals surface area contributed by atoms with Crippen LogP contribution in [0.25, 0.3) is 0 Å². The molecule has 1 atom stereocenters. The summed E-state index contributed by atoms with van der Waals surface area (Å²) >= 11 is 0. The maximum absolute atomic E-state index is 4.10. The highest BCUT2D eigenvalue weighted by Gasteiger charge is 2.19. The minimum absolute atomic E-state index is 0.576. The Hall–Kier alpha value is -1.17. The predicted octanol–water partition coefficient (Wildman–Crippen LogP) is 0.569. The third kappa shape index (κ3) is 3.15. The molecule has 0 bridgehead atoms. The first-order valence-corrected chi connectivity index (χ1v) is 6.52. The van der Waals surface area contributed by atoms with Gasteiger partial charge >= 0.3 is 0 Å². The van der Waals surface area contributed by atoms with E-state index < -0.39 is 0 Å². The van der Waals surface area contributed by atoms with Crippen LogP contribution in [-0.2, 0) is 7.05 Å². The summed E-state index contributed by atoms with van der Waals surface area (Å²) in [4.78, 5) is 2.28. The molecule has 17 heavy (non-hydrogen) atoms. The smallest absolute Gasteiger partial charge is 0.245 e. The molecule has 0 amide bonds. The van der Waals surface area contributed by atoms with Crippen molar-refractivity contribution < 1.29 is 0 Å². The van der Waals surface area contributed by atoms with E-state index in [0.717, 1.165) is 32.0 Å². The second kappa shape index (κ2) is 5.95. The van der Waals surface area contributed by atoms with Gasteiger partial charge in [0.2, 0.25) is 5.95 Å². The number of hydrogen-bond donors (Lipinski definition) is 1. The highest BCUT2D eigenvalue weighted by atomic mass is 15.6. The van der Waals surface area contributed by atoms with Crippen LogP contribution in [0.4, 0.5) is 5.95 Å². The average molecular weight is 238 g/mol. The Balaban J connectivity index is 1.99. The lowest BCUT2D eigenvalue weighted by Crippen LogP contribution is -2.44. The molecule has 1 fully saturated rings. The number of nitrogens with zero attached hydrogens (tertiary/aromatic N) is 5. The molecule has 0 aromatic carbocycles. The number of nitrogens with one attached hydrogen (secondary N) is 1. The number of anilines is 1. The second-order valence-electron chi connectivity index (χ2n) is 4.70. The molecule has 6 nitrogen and oxygen atoms in total. The Kier molecular flexibility index (Phi) is 4.30. The number of aryl methyl sites for hydroxylation is 1.